The Labute approximate surface area is 234 Å². The molecule has 5 heterocycles. The fourth-order valence-electron chi connectivity index (χ4n) is 5.19. The van der Waals surface area contributed by atoms with Crippen molar-refractivity contribution in [3.8, 4) is 17.4 Å². The van der Waals surface area contributed by atoms with Crippen molar-refractivity contribution in [2.75, 3.05) is 28.7 Å². The topological polar surface area (TPSA) is 107 Å². The predicted molar refractivity (Wildman–Crippen MR) is 155 cm³/mol. The van der Waals surface area contributed by atoms with Crippen LogP contribution >= 0.6 is 0 Å². The predicted octanol–water partition coefficient (Wildman–Crippen LogP) is 5.95. The Morgan fingerprint density at radius 2 is 1.80 bits per heavy atom. The van der Waals surface area contributed by atoms with Gasteiger partial charge in [0.15, 0.2) is 23.8 Å². The van der Waals surface area contributed by atoms with Gasteiger partial charge in [0, 0.05) is 18.5 Å². The molecule has 1 unspecified atom stereocenters. The van der Waals surface area contributed by atoms with Crippen LogP contribution in [0, 0.1) is 0 Å². The van der Waals surface area contributed by atoms with Crippen LogP contribution in [0.25, 0.3) is 11.1 Å². The van der Waals surface area contributed by atoms with Crippen LogP contribution in [0.15, 0.2) is 47.2 Å². The monoisotopic (exact) mass is 544 g/mol. The second-order valence-corrected chi connectivity index (χ2v) is 11.4. The molecule has 0 radical (unpaired) electrons. The van der Waals surface area contributed by atoms with Crippen LogP contribution in [0.5, 0.6) is 17.4 Å². The highest BCUT2D eigenvalue weighted by Gasteiger charge is 2.37. The van der Waals surface area contributed by atoms with Crippen molar-refractivity contribution in [3.05, 3.63) is 48.5 Å². The molecule has 40 heavy (non-hydrogen) atoms. The number of rotatable bonds is 8. The number of pyridine rings is 2. The molecule has 2 aliphatic rings. The summed E-state index contributed by atoms with van der Waals surface area (Å²) in [5.41, 5.74) is 3.79. The van der Waals surface area contributed by atoms with Gasteiger partial charge < -0.3 is 34.2 Å². The van der Waals surface area contributed by atoms with Crippen molar-refractivity contribution >= 4 is 34.1 Å². The van der Waals surface area contributed by atoms with Crippen molar-refractivity contribution in [2.45, 2.75) is 71.7 Å². The number of benzene rings is 1. The van der Waals surface area contributed by atoms with Gasteiger partial charge in [0.2, 0.25) is 0 Å². The first-order valence-corrected chi connectivity index (χ1v) is 13.8. The molecule has 3 aromatic heterocycles. The Balaban J connectivity index is 1.28. The molecule has 0 aliphatic carbocycles. The largest absolute Gasteiger partial charge is 0.491 e. The maximum Gasteiger partial charge on any atom is 0.259 e. The molecule has 210 valence electrons. The molecule has 0 amide bonds. The summed E-state index contributed by atoms with van der Waals surface area (Å²) in [5, 5.41) is 6.98. The fraction of sp³-hybridized carbons (Fsp3) is 0.433. The van der Waals surface area contributed by atoms with Crippen LogP contribution in [0.1, 0.15) is 47.2 Å². The molecule has 1 aromatic carbocycles. The van der Waals surface area contributed by atoms with E-state index in [9.17, 15) is 0 Å². The van der Waals surface area contributed by atoms with Gasteiger partial charge in [0.05, 0.1) is 29.2 Å². The Morgan fingerprint density at radius 3 is 2.60 bits per heavy atom. The molecule has 4 aromatic rings. The van der Waals surface area contributed by atoms with Gasteiger partial charge in [-0.05, 0) is 77.9 Å². The Kier molecular flexibility index (Phi) is 6.56. The van der Waals surface area contributed by atoms with E-state index in [0.717, 1.165) is 46.4 Å². The minimum Gasteiger partial charge on any atom is -0.491 e. The van der Waals surface area contributed by atoms with Crippen LogP contribution in [-0.2, 0) is 6.42 Å². The van der Waals surface area contributed by atoms with E-state index >= 15 is 0 Å². The lowest BCUT2D eigenvalue weighted by atomic mass is 9.97. The van der Waals surface area contributed by atoms with Crippen LogP contribution in [0.2, 0.25) is 0 Å². The zero-order chi connectivity index (χ0) is 28.0. The van der Waals surface area contributed by atoms with Gasteiger partial charge in [-0.2, -0.15) is 4.98 Å². The SMILES string of the molecule is CC(C)Nc1ccc(N(c2ccc3c(n2)OC(C(C)(C)Nc2ccc4c(n2)CCO4)CO3)C(C)C)c2ocnc12. The molecule has 2 aliphatic heterocycles. The molecule has 10 nitrogen and oxygen atoms in total. The summed E-state index contributed by atoms with van der Waals surface area (Å²) < 4.78 is 24.1. The number of nitrogens with zero attached hydrogens (tertiary/aromatic N) is 4. The smallest absolute Gasteiger partial charge is 0.259 e. The standard InChI is InChI=1S/C30H36N6O4/c1-17(2)32-20-7-8-21(28-27(20)31-16-39-28)36(18(3)4)26-12-10-23-29(34-26)40-24(15-38-23)30(5,6)35-25-11-9-22-19(33-25)13-14-37-22/h7-12,16-18,24,32H,13-15H2,1-6H3,(H,33,35). The zero-order valence-corrected chi connectivity index (χ0v) is 23.8. The summed E-state index contributed by atoms with van der Waals surface area (Å²) in [6, 6.07) is 12.2. The van der Waals surface area contributed by atoms with Crippen molar-refractivity contribution in [3.63, 3.8) is 0 Å². The van der Waals surface area contributed by atoms with Crippen LogP contribution < -0.4 is 29.7 Å². The van der Waals surface area contributed by atoms with E-state index in [0.29, 0.717) is 30.4 Å². The highest BCUT2D eigenvalue weighted by molar-refractivity contribution is 5.97. The second-order valence-electron chi connectivity index (χ2n) is 11.4. The molecular formula is C30H36N6O4. The number of hydrogen-bond donors (Lipinski definition) is 2. The van der Waals surface area contributed by atoms with Gasteiger partial charge in [0.25, 0.3) is 5.88 Å². The summed E-state index contributed by atoms with van der Waals surface area (Å²) >= 11 is 0. The quantitative estimate of drug-likeness (QED) is 0.276. The summed E-state index contributed by atoms with van der Waals surface area (Å²) in [6.45, 7) is 13.6. The van der Waals surface area contributed by atoms with Gasteiger partial charge >= 0.3 is 0 Å². The third-order valence-electron chi connectivity index (χ3n) is 7.17. The van der Waals surface area contributed by atoms with Crippen molar-refractivity contribution in [2.24, 2.45) is 0 Å². The number of fused-ring (bicyclic) bond motifs is 3. The summed E-state index contributed by atoms with van der Waals surface area (Å²) in [6.07, 6.45) is 2.00. The van der Waals surface area contributed by atoms with E-state index in [1.54, 1.807) is 0 Å². The third kappa shape index (κ3) is 4.82. The van der Waals surface area contributed by atoms with Gasteiger partial charge in [-0.1, -0.05) is 0 Å². The number of nitrogens with one attached hydrogen (secondary N) is 2. The lowest BCUT2D eigenvalue weighted by Crippen LogP contribution is -2.52. The summed E-state index contributed by atoms with van der Waals surface area (Å²) in [5.74, 6) is 3.44. The molecule has 0 bridgehead atoms. The molecule has 0 fully saturated rings. The first-order chi connectivity index (χ1) is 19.2. The van der Waals surface area contributed by atoms with E-state index < -0.39 is 5.54 Å². The van der Waals surface area contributed by atoms with Crippen molar-refractivity contribution in [1.82, 2.24) is 15.0 Å². The fourth-order valence-corrected chi connectivity index (χ4v) is 5.19. The average molecular weight is 545 g/mol. The molecular weight excluding hydrogens is 508 g/mol. The van der Waals surface area contributed by atoms with Gasteiger partial charge in [-0.15, -0.1) is 0 Å². The van der Waals surface area contributed by atoms with Crippen LogP contribution in [0.3, 0.4) is 0 Å². The molecule has 0 saturated carbocycles. The molecule has 2 N–H and O–H groups in total. The maximum atomic E-state index is 6.48. The van der Waals surface area contributed by atoms with Gasteiger partial charge in [-0.25, -0.2) is 9.97 Å². The van der Waals surface area contributed by atoms with Crippen molar-refractivity contribution in [1.29, 1.82) is 0 Å². The Morgan fingerprint density at radius 1 is 0.975 bits per heavy atom. The van der Waals surface area contributed by atoms with Crippen LogP contribution in [0.4, 0.5) is 23.0 Å². The number of anilines is 4. The first kappa shape index (κ1) is 26.0. The Bertz CT molecular complexity index is 1530. The minimum atomic E-state index is -0.487. The zero-order valence-electron chi connectivity index (χ0n) is 23.8. The number of hydrogen-bond acceptors (Lipinski definition) is 10. The molecule has 0 saturated heterocycles. The van der Waals surface area contributed by atoms with E-state index in [-0.39, 0.29) is 18.2 Å². The van der Waals surface area contributed by atoms with Gasteiger partial charge in [0.1, 0.15) is 29.5 Å². The lowest BCUT2D eigenvalue weighted by Gasteiger charge is -2.38. The van der Waals surface area contributed by atoms with Gasteiger partial charge in [-0.3, -0.25) is 0 Å². The molecule has 6 rings (SSSR count). The minimum absolute atomic E-state index is 0.0797. The summed E-state index contributed by atoms with van der Waals surface area (Å²) in [7, 11) is 0. The normalized spacial score (nSPS) is 16.2. The first-order valence-electron chi connectivity index (χ1n) is 13.8. The Hall–Kier alpha value is -4.21. The number of aromatic nitrogens is 3. The lowest BCUT2D eigenvalue weighted by molar-refractivity contribution is 0.0475. The highest BCUT2D eigenvalue weighted by atomic mass is 16.6. The highest BCUT2D eigenvalue weighted by Crippen LogP contribution is 2.40. The third-order valence-corrected chi connectivity index (χ3v) is 7.17. The summed E-state index contributed by atoms with van der Waals surface area (Å²) in [4.78, 5) is 16.3. The van der Waals surface area contributed by atoms with Crippen LogP contribution in [-0.4, -0.2) is 51.9 Å². The van der Waals surface area contributed by atoms with Crippen molar-refractivity contribution < 1.29 is 18.6 Å². The molecule has 0 spiro atoms. The van der Waals surface area contributed by atoms with E-state index in [4.69, 9.17) is 28.6 Å². The number of oxazole rings is 1. The van der Waals surface area contributed by atoms with E-state index in [1.165, 1.54) is 6.39 Å². The second kappa shape index (κ2) is 10.1. The maximum absolute atomic E-state index is 6.48. The van der Waals surface area contributed by atoms with E-state index in [1.807, 2.05) is 36.4 Å². The number of ether oxygens (including phenoxy) is 3. The molecule has 1 atom stereocenters. The average Bonchev–Trinajstić information content (AvgIpc) is 3.59. The molecule has 10 heteroatoms. The van der Waals surface area contributed by atoms with E-state index in [2.05, 4.69) is 62.1 Å².